The lowest BCUT2D eigenvalue weighted by Gasteiger charge is -2.09. The number of hydrogen-bond donors (Lipinski definition) is 2. The molecule has 2 aromatic carbocycles. The van der Waals surface area contributed by atoms with Gasteiger partial charge in [-0.1, -0.05) is 30.3 Å². The van der Waals surface area contributed by atoms with Crippen molar-refractivity contribution in [2.24, 2.45) is 0 Å². The van der Waals surface area contributed by atoms with E-state index in [0.717, 1.165) is 0 Å². The number of anilines is 2. The number of hydrogen-bond acceptors (Lipinski definition) is 7. The van der Waals surface area contributed by atoms with Crippen molar-refractivity contribution < 1.29 is 18.3 Å². The number of fused-ring (bicyclic) bond motifs is 1. The monoisotopic (exact) mass is 485 g/mol. The molecule has 0 aliphatic carbocycles. The van der Waals surface area contributed by atoms with Crippen LogP contribution in [0.15, 0.2) is 96.4 Å². The van der Waals surface area contributed by atoms with E-state index in [4.69, 9.17) is 5.11 Å². The SMILES string of the molecule is O=C(O)Cc1cccc(Nc2cc(-c3cnc4c(ccn4S(=O)(=O)c4ccccc4)c3)ncn2)c1. The molecule has 0 amide bonds. The number of benzene rings is 2. The summed E-state index contributed by atoms with van der Waals surface area (Å²) < 4.78 is 27.2. The molecule has 2 N–H and O–H groups in total. The second kappa shape index (κ2) is 8.99. The van der Waals surface area contributed by atoms with Crippen LogP contribution in [-0.4, -0.2) is 38.4 Å². The molecule has 10 heteroatoms. The highest BCUT2D eigenvalue weighted by molar-refractivity contribution is 7.90. The van der Waals surface area contributed by atoms with E-state index in [-0.39, 0.29) is 11.3 Å². The maximum Gasteiger partial charge on any atom is 0.307 e. The summed E-state index contributed by atoms with van der Waals surface area (Å²) >= 11 is 0. The number of nitrogens with one attached hydrogen (secondary N) is 1. The number of rotatable bonds is 7. The number of pyridine rings is 1. The summed E-state index contributed by atoms with van der Waals surface area (Å²) in [6.07, 6.45) is 4.39. The van der Waals surface area contributed by atoms with Gasteiger partial charge < -0.3 is 10.4 Å². The second-order valence-electron chi connectivity index (χ2n) is 7.75. The Morgan fingerprint density at radius 1 is 0.943 bits per heavy atom. The predicted octanol–water partition coefficient (Wildman–Crippen LogP) is 4.10. The Hall–Kier alpha value is -4.57. The zero-order chi connectivity index (χ0) is 24.4. The van der Waals surface area contributed by atoms with Crippen molar-refractivity contribution in [1.82, 2.24) is 18.9 Å². The summed E-state index contributed by atoms with van der Waals surface area (Å²) in [6, 6.07) is 20.5. The van der Waals surface area contributed by atoms with Gasteiger partial charge in [0, 0.05) is 35.1 Å². The zero-order valence-electron chi connectivity index (χ0n) is 18.2. The van der Waals surface area contributed by atoms with Gasteiger partial charge >= 0.3 is 5.97 Å². The number of carbonyl (C=O) groups is 1. The third-order valence-electron chi connectivity index (χ3n) is 5.31. The summed E-state index contributed by atoms with van der Waals surface area (Å²) in [4.78, 5) is 24.1. The third kappa shape index (κ3) is 4.59. The first-order valence-electron chi connectivity index (χ1n) is 10.6. The Balaban J connectivity index is 1.44. The summed E-state index contributed by atoms with van der Waals surface area (Å²) in [5, 5.41) is 12.8. The third-order valence-corrected chi connectivity index (χ3v) is 6.99. The van der Waals surface area contributed by atoms with E-state index in [9.17, 15) is 13.2 Å². The highest BCUT2D eigenvalue weighted by atomic mass is 32.2. The Morgan fingerprint density at radius 2 is 1.77 bits per heavy atom. The number of carboxylic acids is 1. The van der Waals surface area contributed by atoms with Gasteiger partial charge in [-0.05, 0) is 42.0 Å². The minimum absolute atomic E-state index is 0.0735. The van der Waals surface area contributed by atoms with E-state index in [2.05, 4.69) is 20.3 Å². The minimum atomic E-state index is -3.77. The van der Waals surface area contributed by atoms with Crippen LogP contribution in [0.4, 0.5) is 11.5 Å². The van der Waals surface area contributed by atoms with Crippen LogP contribution in [0.25, 0.3) is 22.3 Å². The van der Waals surface area contributed by atoms with Crippen molar-refractivity contribution in [2.45, 2.75) is 11.3 Å². The topological polar surface area (TPSA) is 127 Å². The molecule has 3 heterocycles. The molecule has 5 aromatic rings. The van der Waals surface area contributed by atoms with Crippen molar-refractivity contribution in [1.29, 1.82) is 0 Å². The van der Waals surface area contributed by atoms with Crippen LogP contribution < -0.4 is 5.32 Å². The highest BCUT2D eigenvalue weighted by Crippen LogP contribution is 2.26. The van der Waals surface area contributed by atoms with E-state index in [0.29, 0.717) is 39.4 Å². The van der Waals surface area contributed by atoms with E-state index in [1.54, 1.807) is 66.9 Å². The molecule has 174 valence electrons. The quantitative estimate of drug-likeness (QED) is 0.353. The zero-order valence-corrected chi connectivity index (χ0v) is 19.1. The molecule has 0 saturated carbocycles. The van der Waals surface area contributed by atoms with Gasteiger partial charge in [-0.2, -0.15) is 0 Å². The average molecular weight is 486 g/mol. The van der Waals surface area contributed by atoms with Gasteiger partial charge in [0.25, 0.3) is 10.0 Å². The first kappa shape index (κ1) is 22.2. The summed E-state index contributed by atoms with van der Waals surface area (Å²) in [6.45, 7) is 0. The molecule has 0 aliphatic rings. The van der Waals surface area contributed by atoms with Crippen LogP contribution in [-0.2, 0) is 21.2 Å². The van der Waals surface area contributed by atoms with Crippen molar-refractivity contribution >= 4 is 38.5 Å². The van der Waals surface area contributed by atoms with E-state index in [1.807, 2.05) is 12.1 Å². The minimum Gasteiger partial charge on any atom is -0.481 e. The second-order valence-corrected chi connectivity index (χ2v) is 9.57. The fourth-order valence-electron chi connectivity index (χ4n) is 3.71. The molecule has 0 atom stereocenters. The Labute approximate surface area is 200 Å². The van der Waals surface area contributed by atoms with Crippen molar-refractivity contribution in [3.05, 3.63) is 97.1 Å². The fraction of sp³-hybridized carbons (Fsp3) is 0.0400. The number of carboxylic acid groups (broad SMARTS) is 1. The van der Waals surface area contributed by atoms with Crippen LogP contribution in [0.1, 0.15) is 5.56 Å². The van der Waals surface area contributed by atoms with Gasteiger partial charge in [-0.3, -0.25) is 4.79 Å². The van der Waals surface area contributed by atoms with E-state index >= 15 is 0 Å². The van der Waals surface area contributed by atoms with Gasteiger partial charge in [0.15, 0.2) is 5.65 Å². The van der Waals surface area contributed by atoms with Gasteiger partial charge in [0.05, 0.1) is 17.0 Å². The maximum absolute atomic E-state index is 13.0. The molecule has 9 nitrogen and oxygen atoms in total. The largest absolute Gasteiger partial charge is 0.481 e. The maximum atomic E-state index is 13.0. The van der Waals surface area contributed by atoms with E-state index < -0.39 is 16.0 Å². The van der Waals surface area contributed by atoms with Crippen molar-refractivity contribution in [3.63, 3.8) is 0 Å². The van der Waals surface area contributed by atoms with Crippen molar-refractivity contribution in [3.8, 4) is 11.3 Å². The summed E-state index contributed by atoms with van der Waals surface area (Å²) in [7, 11) is -3.77. The molecule has 0 aliphatic heterocycles. The molecule has 0 radical (unpaired) electrons. The molecule has 35 heavy (non-hydrogen) atoms. The number of aliphatic carboxylic acids is 1. The first-order valence-corrected chi connectivity index (χ1v) is 12.0. The highest BCUT2D eigenvalue weighted by Gasteiger charge is 2.19. The van der Waals surface area contributed by atoms with Gasteiger partial charge in [0.2, 0.25) is 0 Å². The van der Waals surface area contributed by atoms with Gasteiger partial charge in [-0.25, -0.2) is 27.3 Å². The molecule has 5 rings (SSSR count). The molecule has 0 bridgehead atoms. The van der Waals surface area contributed by atoms with Crippen LogP contribution in [0.5, 0.6) is 0 Å². The number of nitrogens with zero attached hydrogens (tertiary/aromatic N) is 4. The fourth-order valence-corrected chi connectivity index (χ4v) is 5.03. The smallest absolute Gasteiger partial charge is 0.307 e. The lowest BCUT2D eigenvalue weighted by atomic mass is 10.1. The normalized spacial score (nSPS) is 11.4. The molecule has 3 aromatic heterocycles. The van der Waals surface area contributed by atoms with Crippen LogP contribution in [0.2, 0.25) is 0 Å². The van der Waals surface area contributed by atoms with Crippen molar-refractivity contribution in [2.75, 3.05) is 5.32 Å². The molecule has 0 spiro atoms. The predicted molar refractivity (Wildman–Crippen MR) is 131 cm³/mol. The molecule has 0 fully saturated rings. The summed E-state index contributed by atoms with van der Waals surface area (Å²) in [5.74, 6) is -0.383. The Bertz CT molecular complexity index is 1650. The molecule has 0 saturated heterocycles. The lowest BCUT2D eigenvalue weighted by Crippen LogP contribution is -2.12. The Kier molecular flexibility index (Phi) is 5.71. The van der Waals surface area contributed by atoms with Crippen LogP contribution in [0, 0.1) is 0 Å². The molecule has 0 unspecified atom stereocenters. The standard InChI is InChI=1S/C25H19N5O4S/c31-24(32)12-17-5-4-6-20(11-17)29-23-14-22(27-16-28-23)19-13-18-9-10-30(25(18)26-15-19)35(33,34)21-7-2-1-3-8-21/h1-11,13-16H,12H2,(H,31,32)(H,27,28,29). The Morgan fingerprint density at radius 3 is 2.57 bits per heavy atom. The lowest BCUT2D eigenvalue weighted by molar-refractivity contribution is -0.136. The summed E-state index contributed by atoms with van der Waals surface area (Å²) in [5.41, 5.74) is 2.97. The molecular weight excluding hydrogens is 466 g/mol. The first-order chi connectivity index (χ1) is 16.9. The van der Waals surface area contributed by atoms with Gasteiger partial charge in [0.1, 0.15) is 12.1 Å². The van der Waals surface area contributed by atoms with E-state index in [1.165, 1.54) is 16.5 Å². The molecular formula is C25H19N5O4S. The average Bonchev–Trinajstić information content (AvgIpc) is 3.29. The number of aromatic nitrogens is 4. The van der Waals surface area contributed by atoms with Crippen LogP contribution in [0.3, 0.4) is 0 Å². The van der Waals surface area contributed by atoms with Crippen LogP contribution >= 0.6 is 0 Å². The van der Waals surface area contributed by atoms with Gasteiger partial charge in [-0.15, -0.1) is 0 Å².